The van der Waals surface area contributed by atoms with Gasteiger partial charge in [0.15, 0.2) is 0 Å². The molecular formula is C13H17N3O. The summed E-state index contributed by atoms with van der Waals surface area (Å²) in [5, 5.41) is 4.38. The standard InChI is InChI=1S/C13H17N3O/c1-15-9-10-3-2-4-12-11(10)5-7-16(12)8-6-13(14)17/h2-5,7,15H,6,8-9H2,1H3,(H2,14,17). The molecule has 1 heterocycles. The van der Waals surface area contributed by atoms with Crippen LogP contribution in [0, 0.1) is 0 Å². The molecule has 90 valence electrons. The van der Waals surface area contributed by atoms with Crippen LogP contribution in [0.5, 0.6) is 0 Å². The maximum atomic E-state index is 10.8. The number of carbonyl (C=O) groups excluding carboxylic acids is 1. The lowest BCUT2D eigenvalue weighted by molar-refractivity contribution is -0.118. The Morgan fingerprint density at radius 3 is 2.94 bits per heavy atom. The maximum absolute atomic E-state index is 10.8. The average molecular weight is 231 g/mol. The van der Waals surface area contributed by atoms with Crippen LogP contribution in [0.15, 0.2) is 30.5 Å². The summed E-state index contributed by atoms with van der Waals surface area (Å²) in [4.78, 5) is 10.8. The van der Waals surface area contributed by atoms with Crippen molar-refractivity contribution >= 4 is 16.8 Å². The molecule has 0 aliphatic heterocycles. The zero-order chi connectivity index (χ0) is 12.3. The van der Waals surface area contributed by atoms with E-state index >= 15 is 0 Å². The van der Waals surface area contributed by atoms with Crippen molar-refractivity contribution in [1.82, 2.24) is 9.88 Å². The number of amides is 1. The van der Waals surface area contributed by atoms with Crippen molar-refractivity contribution in [3.05, 3.63) is 36.0 Å². The number of rotatable bonds is 5. The molecule has 0 spiro atoms. The topological polar surface area (TPSA) is 60.1 Å². The Labute approximate surface area is 100 Å². The highest BCUT2D eigenvalue weighted by atomic mass is 16.1. The zero-order valence-corrected chi connectivity index (χ0v) is 9.94. The summed E-state index contributed by atoms with van der Waals surface area (Å²) in [5.41, 5.74) is 7.59. The first-order chi connectivity index (χ1) is 8.22. The summed E-state index contributed by atoms with van der Waals surface area (Å²) < 4.78 is 2.07. The number of aromatic nitrogens is 1. The van der Waals surface area contributed by atoms with E-state index in [-0.39, 0.29) is 5.91 Å². The van der Waals surface area contributed by atoms with Gasteiger partial charge in [0.2, 0.25) is 5.91 Å². The van der Waals surface area contributed by atoms with Gasteiger partial charge in [-0.25, -0.2) is 0 Å². The van der Waals surface area contributed by atoms with Crippen molar-refractivity contribution in [3.63, 3.8) is 0 Å². The first kappa shape index (κ1) is 11.7. The van der Waals surface area contributed by atoms with Crippen LogP contribution in [0.1, 0.15) is 12.0 Å². The monoisotopic (exact) mass is 231 g/mol. The molecule has 0 bridgehead atoms. The van der Waals surface area contributed by atoms with Crippen LogP contribution >= 0.6 is 0 Å². The van der Waals surface area contributed by atoms with Crippen LogP contribution in [-0.2, 0) is 17.9 Å². The second kappa shape index (κ2) is 5.01. The van der Waals surface area contributed by atoms with E-state index < -0.39 is 0 Å². The molecule has 0 saturated heterocycles. The molecule has 0 radical (unpaired) electrons. The highest BCUT2D eigenvalue weighted by Gasteiger charge is 2.05. The van der Waals surface area contributed by atoms with Crippen LogP contribution in [-0.4, -0.2) is 17.5 Å². The molecule has 0 atom stereocenters. The molecule has 2 rings (SSSR count). The number of aryl methyl sites for hydroxylation is 1. The minimum absolute atomic E-state index is 0.266. The third-order valence-electron chi connectivity index (χ3n) is 2.87. The van der Waals surface area contributed by atoms with E-state index in [1.165, 1.54) is 10.9 Å². The van der Waals surface area contributed by atoms with Crippen molar-refractivity contribution in [2.24, 2.45) is 5.73 Å². The van der Waals surface area contributed by atoms with Gasteiger partial charge in [0, 0.05) is 36.6 Å². The lowest BCUT2D eigenvalue weighted by Gasteiger charge is -2.06. The number of nitrogens with one attached hydrogen (secondary N) is 1. The fourth-order valence-electron chi connectivity index (χ4n) is 2.06. The molecule has 2 aromatic rings. The maximum Gasteiger partial charge on any atom is 0.219 e. The summed E-state index contributed by atoms with van der Waals surface area (Å²) in [6.45, 7) is 1.49. The summed E-state index contributed by atoms with van der Waals surface area (Å²) in [6, 6.07) is 8.30. The van der Waals surface area contributed by atoms with Crippen LogP contribution in [0.3, 0.4) is 0 Å². The number of carbonyl (C=O) groups is 1. The first-order valence-corrected chi connectivity index (χ1v) is 5.72. The lowest BCUT2D eigenvalue weighted by Crippen LogP contribution is -2.13. The Bertz CT molecular complexity index is 530. The van der Waals surface area contributed by atoms with E-state index in [9.17, 15) is 4.79 Å². The fourth-order valence-corrected chi connectivity index (χ4v) is 2.06. The molecule has 0 aliphatic rings. The third-order valence-corrected chi connectivity index (χ3v) is 2.87. The molecule has 4 heteroatoms. The van der Waals surface area contributed by atoms with Gasteiger partial charge in [0.1, 0.15) is 0 Å². The van der Waals surface area contributed by atoms with Crippen molar-refractivity contribution < 1.29 is 4.79 Å². The van der Waals surface area contributed by atoms with Crippen molar-refractivity contribution in [1.29, 1.82) is 0 Å². The van der Waals surface area contributed by atoms with Gasteiger partial charge < -0.3 is 15.6 Å². The number of fused-ring (bicyclic) bond motifs is 1. The number of hydrogen-bond acceptors (Lipinski definition) is 2. The lowest BCUT2D eigenvalue weighted by atomic mass is 10.1. The number of nitrogens with two attached hydrogens (primary N) is 1. The molecule has 4 nitrogen and oxygen atoms in total. The summed E-state index contributed by atoms with van der Waals surface area (Å²) in [6.07, 6.45) is 2.38. The molecule has 0 unspecified atom stereocenters. The number of primary amides is 1. The van der Waals surface area contributed by atoms with Gasteiger partial charge in [0.25, 0.3) is 0 Å². The van der Waals surface area contributed by atoms with Gasteiger partial charge in [-0.1, -0.05) is 12.1 Å². The SMILES string of the molecule is CNCc1cccc2c1ccn2CCC(N)=O. The Morgan fingerprint density at radius 1 is 1.41 bits per heavy atom. The van der Waals surface area contributed by atoms with Crippen LogP contribution in [0.25, 0.3) is 10.9 Å². The van der Waals surface area contributed by atoms with Gasteiger partial charge in [-0.15, -0.1) is 0 Å². The van der Waals surface area contributed by atoms with E-state index in [1.54, 1.807) is 0 Å². The Hall–Kier alpha value is -1.81. The van der Waals surface area contributed by atoms with Gasteiger partial charge in [-0.2, -0.15) is 0 Å². The number of nitrogens with zero attached hydrogens (tertiary/aromatic N) is 1. The molecule has 1 aromatic heterocycles. The highest BCUT2D eigenvalue weighted by Crippen LogP contribution is 2.20. The average Bonchev–Trinajstić information content (AvgIpc) is 2.71. The molecule has 1 amide bonds. The first-order valence-electron chi connectivity index (χ1n) is 5.72. The second-order valence-electron chi connectivity index (χ2n) is 4.11. The quantitative estimate of drug-likeness (QED) is 0.813. The normalized spacial score (nSPS) is 10.9. The van der Waals surface area contributed by atoms with Crippen molar-refractivity contribution in [3.8, 4) is 0 Å². The molecule has 0 aliphatic carbocycles. The van der Waals surface area contributed by atoms with Crippen molar-refractivity contribution in [2.75, 3.05) is 7.05 Å². The van der Waals surface area contributed by atoms with Gasteiger partial charge in [-0.05, 0) is 24.7 Å². The van der Waals surface area contributed by atoms with Crippen LogP contribution in [0.4, 0.5) is 0 Å². The minimum Gasteiger partial charge on any atom is -0.370 e. The molecule has 0 saturated carbocycles. The zero-order valence-electron chi connectivity index (χ0n) is 9.94. The highest BCUT2D eigenvalue weighted by molar-refractivity contribution is 5.84. The predicted octanol–water partition coefficient (Wildman–Crippen LogP) is 1.24. The summed E-state index contributed by atoms with van der Waals surface area (Å²) in [7, 11) is 1.93. The molecule has 17 heavy (non-hydrogen) atoms. The third kappa shape index (κ3) is 2.47. The number of benzene rings is 1. The Morgan fingerprint density at radius 2 is 2.24 bits per heavy atom. The van der Waals surface area contributed by atoms with E-state index in [0.29, 0.717) is 13.0 Å². The molecular weight excluding hydrogens is 214 g/mol. The minimum atomic E-state index is -0.266. The van der Waals surface area contributed by atoms with Crippen LogP contribution < -0.4 is 11.1 Å². The Kier molecular flexibility index (Phi) is 3.44. The van der Waals surface area contributed by atoms with Crippen molar-refractivity contribution in [2.45, 2.75) is 19.5 Å². The van der Waals surface area contributed by atoms with Gasteiger partial charge in [0.05, 0.1) is 0 Å². The van der Waals surface area contributed by atoms with Crippen LogP contribution in [0.2, 0.25) is 0 Å². The fraction of sp³-hybridized carbons (Fsp3) is 0.308. The summed E-state index contributed by atoms with van der Waals surface area (Å²) in [5.74, 6) is -0.266. The Balaban J connectivity index is 2.33. The van der Waals surface area contributed by atoms with E-state index in [0.717, 1.165) is 12.1 Å². The van der Waals surface area contributed by atoms with E-state index in [2.05, 4.69) is 28.1 Å². The van der Waals surface area contributed by atoms with Gasteiger partial charge in [-0.3, -0.25) is 4.79 Å². The smallest absolute Gasteiger partial charge is 0.219 e. The predicted molar refractivity (Wildman–Crippen MR) is 68.5 cm³/mol. The van der Waals surface area contributed by atoms with Gasteiger partial charge >= 0.3 is 0 Å². The largest absolute Gasteiger partial charge is 0.370 e. The molecule has 3 N–H and O–H groups in total. The van der Waals surface area contributed by atoms with E-state index in [1.807, 2.05) is 19.3 Å². The second-order valence-corrected chi connectivity index (χ2v) is 4.11. The molecule has 1 aromatic carbocycles. The van der Waals surface area contributed by atoms with E-state index in [4.69, 9.17) is 5.73 Å². The number of hydrogen-bond donors (Lipinski definition) is 2. The molecule has 0 fully saturated rings. The summed E-state index contributed by atoms with van der Waals surface area (Å²) >= 11 is 0.